The van der Waals surface area contributed by atoms with E-state index >= 15 is 0 Å². The summed E-state index contributed by atoms with van der Waals surface area (Å²) in [6.45, 7) is 4.15. The van der Waals surface area contributed by atoms with Crippen molar-refractivity contribution in [1.29, 1.82) is 0 Å². The van der Waals surface area contributed by atoms with E-state index in [1.807, 2.05) is 39.7 Å². The third-order valence-electron chi connectivity index (χ3n) is 6.19. The molecule has 0 radical (unpaired) electrons. The molecule has 1 aromatic carbocycles. The average molecular weight is 436 g/mol. The zero-order chi connectivity index (χ0) is 22.2. The third kappa shape index (κ3) is 3.75. The highest BCUT2D eigenvalue weighted by Crippen LogP contribution is 2.27. The van der Waals surface area contributed by atoms with E-state index in [0.29, 0.717) is 0 Å². The molecule has 7 nitrogen and oxygen atoms in total. The summed E-state index contributed by atoms with van der Waals surface area (Å²) < 4.78 is 3.83. The van der Waals surface area contributed by atoms with E-state index in [-0.39, 0.29) is 0 Å². The maximum absolute atomic E-state index is 4.93. The molecule has 4 aromatic heterocycles. The third-order valence-corrected chi connectivity index (χ3v) is 6.19. The number of anilines is 1. The normalized spacial score (nSPS) is 14.2. The fourth-order valence-corrected chi connectivity index (χ4v) is 4.48. The Kier molecular flexibility index (Phi) is 4.87. The molecule has 0 unspecified atom stereocenters. The number of rotatable bonds is 4. The molecule has 1 saturated heterocycles. The van der Waals surface area contributed by atoms with Crippen molar-refractivity contribution in [3.8, 4) is 28.3 Å². The first-order chi connectivity index (χ1) is 16.2. The van der Waals surface area contributed by atoms with Crippen LogP contribution in [0.1, 0.15) is 24.8 Å². The molecule has 0 bridgehead atoms. The standard InChI is InChI=1S/C26H25N7/c1-19-6-5-7-21(16-19)22-10-15-32(29-22)24-18-26(31-13-3-2-4-14-31)33-25(28-24)17-23(30-33)20-8-11-27-12-9-20/h5-12,15-18H,2-4,13-14H2,1H3. The smallest absolute Gasteiger partial charge is 0.160 e. The number of hydrogen-bond acceptors (Lipinski definition) is 5. The number of aromatic nitrogens is 6. The van der Waals surface area contributed by atoms with Gasteiger partial charge >= 0.3 is 0 Å². The van der Waals surface area contributed by atoms with Gasteiger partial charge in [0.05, 0.1) is 11.4 Å². The largest absolute Gasteiger partial charge is 0.356 e. The van der Waals surface area contributed by atoms with Crippen LogP contribution in [-0.2, 0) is 0 Å². The van der Waals surface area contributed by atoms with E-state index in [0.717, 1.165) is 52.9 Å². The van der Waals surface area contributed by atoms with Crippen LogP contribution in [-0.4, -0.2) is 42.5 Å². The molecule has 0 atom stereocenters. The second-order valence-electron chi connectivity index (χ2n) is 8.57. The van der Waals surface area contributed by atoms with Crippen LogP contribution in [0.5, 0.6) is 0 Å². The molecule has 5 aromatic rings. The Labute approximate surface area is 192 Å². The topological polar surface area (TPSA) is 64.1 Å². The SMILES string of the molecule is Cc1cccc(-c2ccn(-c3cc(N4CCCCC4)n4nc(-c5ccncc5)cc4n3)n2)c1. The molecule has 1 fully saturated rings. The van der Waals surface area contributed by atoms with E-state index in [1.54, 1.807) is 12.4 Å². The van der Waals surface area contributed by atoms with Crippen molar-refractivity contribution in [2.24, 2.45) is 0 Å². The number of pyridine rings is 1. The van der Waals surface area contributed by atoms with E-state index in [9.17, 15) is 0 Å². The van der Waals surface area contributed by atoms with Crippen molar-refractivity contribution in [3.05, 3.63) is 78.8 Å². The van der Waals surface area contributed by atoms with E-state index in [2.05, 4.69) is 47.1 Å². The lowest BCUT2D eigenvalue weighted by Crippen LogP contribution is -2.31. The summed E-state index contributed by atoms with van der Waals surface area (Å²) in [5, 5.41) is 9.76. The number of nitrogens with zero attached hydrogens (tertiary/aromatic N) is 7. The molecule has 0 N–H and O–H groups in total. The van der Waals surface area contributed by atoms with Gasteiger partial charge in [-0.25, -0.2) is 9.67 Å². The Hall–Kier alpha value is -4.00. The molecule has 5 heterocycles. The molecule has 1 aliphatic rings. The average Bonchev–Trinajstić information content (AvgIpc) is 3.52. The van der Waals surface area contributed by atoms with E-state index in [1.165, 1.54) is 24.8 Å². The van der Waals surface area contributed by atoms with Gasteiger partial charge in [-0.15, -0.1) is 0 Å². The predicted molar refractivity (Wildman–Crippen MR) is 130 cm³/mol. The first kappa shape index (κ1) is 19.7. The van der Waals surface area contributed by atoms with Crippen molar-refractivity contribution in [2.75, 3.05) is 18.0 Å². The van der Waals surface area contributed by atoms with Gasteiger partial charge in [-0.05, 0) is 50.5 Å². The number of benzene rings is 1. The van der Waals surface area contributed by atoms with Crippen LogP contribution < -0.4 is 4.90 Å². The zero-order valence-corrected chi connectivity index (χ0v) is 18.6. The maximum Gasteiger partial charge on any atom is 0.160 e. The van der Waals surface area contributed by atoms with Gasteiger partial charge in [0.1, 0.15) is 5.82 Å². The lowest BCUT2D eigenvalue weighted by atomic mass is 10.1. The van der Waals surface area contributed by atoms with Crippen molar-refractivity contribution in [3.63, 3.8) is 0 Å². The Morgan fingerprint density at radius 3 is 2.45 bits per heavy atom. The summed E-state index contributed by atoms with van der Waals surface area (Å²) in [6.07, 6.45) is 9.23. The molecule has 33 heavy (non-hydrogen) atoms. The van der Waals surface area contributed by atoms with Crippen LogP contribution in [0.3, 0.4) is 0 Å². The zero-order valence-electron chi connectivity index (χ0n) is 18.6. The number of hydrogen-bond donors (Lipinski definition) is 0. The van der Waals surface area contributed by atoms with Gasteiger partial charge in [0.25, 0.3) is 0 Å². The first-order valence-corrected chi connectivity index (χ1v) is 11.4. The Morgan fingerprint density at radius 1 is 0.788 bits per heavy atom. The fourth-order valence-electron chi connectivity index (χ4n) is 4.48. The highest BCUT2D eigenvalue weighted by Gasteiger charge is 2.19. The van der Waals surface area contributed by atoms with Crippen LogP contribution in [0.2, 0.25) is 0 Å². The fraction of sp³-hybridized carbons (Fsp3) is 0.231. The minimum atomic E-state index is 0.795. The van der Waals surface area contributed by atoms with Crippen LogP contribution >= 0.6 is 0 Å². The number of fused-ring (bicyclic) bond motifs is 1. The number of piperidine rings is 1. The monoisotopic (exact) mass is 435 g/mol. The molecular formula is C26H25N7. The second kappa shape index (κ2) is 8.16. The van der Waals surface area contributed by atoms with Crippen molar-refractivity contribution < 1.29 is 0 Å². The summed E-state index contributed by atoms with van der Waals surface area (Å²) in [7, 11) is 0. The van der Waals surface area contributed by atoms with Gasteiger partial charge in [0, 0.05) is 54.9 Å². The van der Waals surface area contributed by atoms with Crippen LogP contribution in [0.15, 0.2) is 73.2 Å². The van der Waals surface area contributed by atoms with Crippen molar-refractivity contribution in [2.45, 2.75) is 26.2 Å². The van der Waals surface area contributed by atoms with E-state index < -0.39 is 0 Å². The van der Waals surface area contributed by atoms with Gasteiger partial charge in [-0.1, -0.05) is 23.8 Å². The van der Waals surface area contributed by atoms with Gasteiger partial charge in [-0.3, -0.25) is 4.98 Å². The summed E-state index contributed by atoms with van der Waals surface area (Å²) in [5.41, 5.74) is 5.99. The molecule has 0 spiro atoms. The molecule has 0 amide bonds. The molecular weight excluding hydrogens is 410 g/mol. The predicted octanol–water partition coefficient (Wildman–Crippen LogP) is 4.94. The van der Waals surface area contributed by atoms with Gasteiger partial charge < -0.3 is 4.90 Å². The Bertz CT molecular complexity index is 1410. The van der Waals surface area contributed by atoms with Gasteiger partial charge in [0.15, 0.2) is 11.5 Å². The van der Waals surface area contributed by atoms with Crippen LogP contribution in [0.25, 0.3) is 34.0 Å². The maximum atomic E-state index is 4.93. The van der Waals surface area contributed by atoms with Gasteiger partial charge in [-0.2, -0.15) is 14.7 Å². The van der Waals surface area contributed by atoms with Crippen molar-refractivity contribution >= 4 is 11.5 Å². The van der Waals surface area contributed by atoms with E-state index in [4.69, 9.17) is 15.2 Å². The van der Waals surface area contributed by atoms with Crippen molar-refractivity contribution in [1.82, 2.24) is 29.4 Å². The molecule has 0 aliphatic carbocycles. The summed E-state index contributed by atoms with van der Waals surface area (Å²) in [4.78, 5) is 11.5. The summed E-state index contributed by atoms with van der Waals surface area (Å²) >= 11 is 0. The lowest BCUT2D eigenvalue weighted by Gasteiger charge is -2.29. The highest BCUT2D eigenvalue weighted by molar-refractivity contribution is 5.67. The second-order valence-corrected chi connectivity index (χ2v) is 8.57. The lowest BCUT2D eigenvalue weighted by molar-refractivity contribution is 0.568. The quantitative estimate of drug-likeness (QED) is 0.400. The number of aryl methyl sites for hydroxylation is 1. The minimum absolute atomic E-state index is 0.795. The van der Waals surface area contributed by atoms with Crippen LogP contribution in [0.4, 0.5) is 5.82 Å². The Morgan fingerprint density at radius 2 is 1.64 bits per heavy atom. The molecule has 0 saturated carbocycles. The van der Waals surface area contributed by atoms with Crippen LogP contribution in [0, 0.1) is 6.92 Å². The molecule has 1 aliphatic heterocycles. The minimum Gasteiger partial charge on any atom is -0.356 e. The summed E-state index contributed by atoms with van der Waals surface area (Å²) in [6, 6.07) is 18.5. The molecule has 164 valence electrons. The first-order valence-electron chi connectivity index (χ1n) is 11.4. The summed E-state index contributed by atoms with van der Waals surface area (Å²) in [5.74, 6) is 1.85. The highest BCUT2D eigenvalue weighted by atomic mass is 15.4. The molecule has 7 heteroatoms. The van der Waals surface area contributed by atoms with Gasteiger partial charge in [0.2, 0.25) is 0 Å². The molecule has 6 rings (SSSR count). The Balaban J connectivity index is 1.47.